The molecule has 0 radical (unpaired) electrons. The molecule has 7 aromatic carbocycles. The van der Waals surface area contributed by atoms with E-state index in [9.17, 15) is 19.2 Å². The summed E-state index contributed by atoms with van der Waals surface area (Å²) in [4.78, 5) is 54.5. The first-order valence-electron chi connectivity index (χ1n) is 23.4. The van der Waals surface area contributed by atoms with E-state index >= 15 is 0 Å². The Morgan fingerprint density at radius 3 is 1.03 bits per heavy atom. The van der Waals surface area contributed by atoms with Gasteiger partial charge >= 0.3 is 31.0 Å². The maximum atomic E-state index is 13.3. The van der Waals surface area contributed by atoms with E-state index in [-0.39, 0.29) is 30.5 Å². The molecule has 20 heteroatoms. The van der Waals surface area contributed by atoms with Gasteiger partial charge in [0.1, 0.15) is 42.7 Å². The number of carbonyl (C=O) groups is 4. The molecule has 0 saturated heterocycles. The summed E-state index contributed by atoms with van der Waals surface area (Å²) in [5.41, 5.74) is 1.25. The second kappa shape index (κ2) is 30.5. The third-order valence-corrected chi connectivity index (χ3v) is 16.5. The van der Waals surface area contributed by atoms with Crippen molar-refractivity contribution < 1.29 is 51.7 Å². The molecule has 76 heavy (non-hydrogen) atoms. The number of benzene rings is 7. The molecule has 0 atom stereocenters. The van der Waals surface area contributed by atoms with Gasteiger partial charge in [0, 0.05) is 77.5 Å². The van der Waals surface area contributed by atoms with Crippen molar-refractivity contribution in [3.63, 3.8) is 0 Å². The third kappa shape index (κ3) is 20.6. The zero-order chi connectivity index (χ0) is 53.2. The number of esters is 1. The number of rotatable bonds is 27. The van der Waals surface area contributed by atoms with Crippen LogP contribution in [-0.2, 0) is 35.5 Å². The third-order valence-electron chi connectivity index (χ3n) is 9.95. The van der Waals surface area contributed by atoms with Crippen LogP contribution in [0.3, 0.4) is 0 Å². The summed E-state index contributed by atoms with van der Waals surface area (Å²) in [5.74, 6) is 2.35. The van der Waals surface area contributed by atoms with Crippen molar-refractivity contribution in [2.75, 3.05) is 52.2 Å². The molecule has 392 valence electrons. The van der Waals surface area contributed by atoms with Crippen LogP contribution < -0.4 is 29.5 Å². The van der Waals surface area contributed by atoms with Gasteiger partial charge in [-0.25, -0.2) is 19.2 Å². The van der Waals surface area contributed by atoms with Crippen molar-refractivity contribution >= 4 is 107 Å². The highest BCUT2D eigenvalue weighted by Crippen LogP contribution is 2.50. The van der Waals surface area contributed by atoms with Crippen molar-refractivity contribution in [1.29, 1.82) is 0 Å². The van der Waals surface area contributed by atoms with E-state index in [0.717, 1.165) is 25.7 Å². The molecule has 0 aliphatic rings. The number of hydrogen-bond acceptors (Lipinski definition) is 16. The summed E-state index contributed by atoms with van der Waals surface area (Å²) in [6, 6.07) is 58.9. The fraction of sp³-hybridized carbons (Fsp3) is 0.143. The summed E-state index contributed by atoms with van der Waals surface area (Å²) in [7, 11) is 0. The first-order chi connectivity index (χ1) is 37.0. The van der Waals surface area contributed by atoms with Crippen LogP contribution in [0.25, 0.3) is 0 Å². The van der Waals surface area contributed by atoms with E-state index in [0.29, 0.717) is 40.1 Å². The zero-order valence-electron chi connectivity index (χ0n) is 40.6. The van der Waals surface area contributed by atoms with Gasteiger partial charge in [0.25, 0.3) is 0 Å². The number of anilines is 3. The van der Waals surface area contributed by atoms with E-state index in [1.54, 1.807) is 120 Å². The molecule has 0 aliphatic heterocycles. The first kappa shape index (κ1) is 56.7. The molecule has 0 unspecified atom stereocenters. The average Bonchev–Trinajstić information content (AvgIpc) is 3.44. The SMILES string of the molecule is C=CC(=O)OCCOC(=O)Nc1ccc(OP(=S)(Oc2ccc(NC(=O)OC(CSc3ccccc3)CSc3ccccc3)cc2)Oc2ccc(NC(=O)OC(CSc3ccccc3)CSc3ccccc3)cc2)cc1. The van der Waals surface area contributed by atoms with Gasteiger partial charge in [-0.1, -0.05) is 79.4 Å². The van der Waals surface area contributed by atoms with Crippen molar-refractivity contribution in [2.45, 2.75) is 31.8 Å². The maximum Gasteiger partial charge on any atom is 0.490 e. The second-order valence-corrected chi connectivity index (χ2v) is 22.9. The number of carbonyl (C=O) groups excluding carboxylic acids is 4. The topological polar surface area (TPSA) is 169 Å². The van der Waals surface area contributed by atoms with Gasteiger partial charge in [-0.15, -0.1) is 47.0 Å². The molecular formula is C56H52N3O11PS5. The predicted molar refractivity (Wildman–Crippen MR) is 308 cm³/mol. The van der Waals surface area contributed by atoms with Gasteiger partial charge in [0.2, 0.25) is 0 Å². The van der Waals surface area contributed by atoms with Gasteiger partial charge < -0.3 is 32.5 Å². The van der Waals surface area contributed by atoms with E-state index in [1.165, 1.54) is 0 Å². The number of ether oxygens (including phenoxy) is 4. The quantitative estimate of drug-likeness (QED) is 0.0111. The van der Waals surface area contributed by atoms with Gasteiger partial charge in [-0.2, -0.15) is 0 Å². The monoisotopic (exact) mass is 1130 g/mol. The average molecular weight is 1130 g/mol. The number of amides is 3. The lowest BCUT2D eigenvalue weighted by Gasteiger charge is -2.23. The Balaban J connectivity index is 0.998. The molecule has 14 nitrogen and oxygen atoms in total. The van der Waals surface area contributed by atoms with E-state index in [2.05, 4.69) is 22.5 Å². The van der Waals surface area contributed by atoms with Crippen LogP contribution >= 0.6 is 53.8 Å². The van der Waals surface area contributed by atoms with Gasteiger partial charge in [0.05, 0.1) is 0 Å². The molecule has 0 spiro atoms. The minimum Gasteiger partial charge on any atom is -0.459 e. The summed E-state index contributed by atoms with van der Waals surface area (Å²) in [6.45, 7) is -0.756. The Bertz CT molecular complexity index is 2730. The van der Waals surface area contributed by atoms with Crippen LogP contribution in [-0.4, -0.2) is 72.7 Å². The van der Waals surface area contributed by atoms with Gasteiger partial charge in [-0.3, -0.25) is 16.0 Å². The van der Waals surface area contributed by atoms with Crippen LogP contribution in [0.2, 0.25) is 0 Å². The molecule has 0 heterocycles. The molecule has 3 amide bonds. The van der Waals surface area contributed by atoms with Gasteiger partial charge in [-0.05, 0) is 121 Å². The normalized spacial score (nSPS) is 10.9. The molecule has 3 N–H and O–H groups in total. The van der Waals surface area contributed by atoms with Crippen LogP contribution in [0.1, 0.15) is 0 Å². The lowest BCUT2D eigenvalue weighted by Crippen LogP contribution is -2.26. The van der Waals surface area contributed by atoms with E-state index in [1.807, 2.05) is 121 Å². The Hall–Kier alpha value is -6.99. The lowest BCUT2D eigenvalue weighted by atomic mass is 10.3. The molecule has 7 rings (SSSR count). The van der Waals surface area contributed by atoms with Crippen molar-refractivity contribution in [3.05, 3.63) is 207 Å². The first-order valence-corrected chi connectivity index (χ1v) is 29.9. The summed E-state index contributed by atoms with van der Waals surface area (Å²) in [6.07, 6.45) is -1.82. The second-order valence-electron chi connectivity index (χ2n) is 15.7. The molecule has 0 fully saturated rings. The van der Waals surface area contributed by atoms with Crippen molar-refractivity contribution in [3.8, 4) is 17.2 Å². The van der Waals surface area contributed by atoms with Crippen molar-refractivity contribution in [2.24, 2.45) is 0 Å². The van der Waals surface area contributed by atoms with Crippen LogP contribution in [0.15, 0.2) is 226 Å². The molecule has 0 aromatic heterocycles. The number of nitrogens with one attached hydrogen (secondary N) is 3. The van der Waals surface area contributed by atoms with Gasteiger partial charge in [0.15, 0.2) is 0 Å². The largest absolute Gasteiger partial charge is 0.490 e. The Labute approximate surface area is 463 Å². The molecule has 0 saturated carbocycles. The molecule has 0 aliphatic carbocycles. The fourth-order valence-electron chi connectivity index (χ4n) is 6.38. The summed E-state index contributed by atoms with van der Waals surface area (Å²) >= 11 is 12.4. The smallest absolute Gasteiger partial charge is 0.459 e. The summed E-state index contributed by atoms with van der Waals surface area (Å²) in [5, 5.41) is 8.22. The van der Waals surface area contributed by atoms with Crippen LogP contribution in [0.5, 0.6) is 17.2 Å². The number of hydrogen-bond donors (Lipinski definition) is 3. The number of thioether (sulfide) groups is 4. The molecule has 7 aromatic rings. The Morgan fingerprint density at radius 2 is 0.724 bits per heavy atom. The Kier molecular flexibility index (Phi) is 22.8. The zero-order valence-corrected chi connectivity index (χ0v) is 45.6. The Morgan fingerprint density at radius 1 is 0.434 bits per heavy atom. The molecular weight excluding hydrogens is 1080 g/mol. The minimum absolute atomic E-state index is 0.137. The van der Waals surface area contributed by atoms with E-state index < -0.39 is 43.2 Å². The van der Waals surface area contributed by atoms with E-state index in [4.69, 9.17) is 44.3 Å². The predicted octanol–water partition coefficient (Wildman–Crippen LogP) is 14.7. The minimum atomic E-state index is -3.77. The van der Waals surface area contributed by atoms with Crippen LogP contribution in [0, 0.1) is 0 Å². The highest BCUT2D eigenvalue weighted by Gasteiger charge is 2.28. The lowest BCUT2D eigenvalue weighted by molar-refractivity contribution is -0.138. The van der Waals surface area contributed by atoms with Crippen LogP contribution in [0.4, 0.5) is 31.4 Å². The fourth-order valence-corrected chi connectivity index (χ4v) is 12.4. The van der Waals surface area contributed by atoms with Crippen molar-refractivity contribution in [1.82, 2.24) is 0 Å². The highest BCUT2D eigenvalue weighted by molar-refractivity contribution is 8.08. The standard InChI is InChI=1S/C56H52N3O11PS5/c1-2-53(60)64-35-36-65-54(61)57-41-23-29-44(30-24-41)68-71(72,69-45-31-25-42(26-32-45)58-55(62)66-47(37-73-49-15-7-3-8-16-49)38-74-50-17-9-4-10-18-50)70-46-33-27-43(28-34-46)59-56(63)67-48(39-75-51-19-11-5-12-20-51)40-76-52-21-13-6-14-22-52/h2-34,47-48H,1,35-40H2,(H,57,61)(H,58,62)(H,59,63). The molecule has 0 bridgehead atoms. The maximum absolute atomic E-state index is 13.3. The summed E-state index contributed by atoms with van der Waals surface area (Å²) < 4.78 is 40.7. The highest BCUT2D eigenvalue weighted by atomic mass is 32.5.